The van der Waals surface area contributed by atoms with Crippen molar-refractivity contribution in [2.45, 2.75) is 24.7 Å². The lowest BCUT2D eigenvalue weighted by Gasteiger charge is -2.19. The van der Waals surface area contributed by atoms with Crippen molar-refractivity contribution in [3.63, 3.8) is 0 Å². The van der Waals surface area contributed by atoms with Crippen molar-refractivity contribution in [2.24, 2.45) is 5.73 Å². The van der Waals surface area contributed by atoms with Crippen molar-refractivity contribution in [3.05, 3.63) is 70.2 Å². The Morgan fingerprint density at radius 3 is 2.11 bits per heavy atom. The van der Waals surface area contributed by atoms with Gasteiger partial charge in [0, 0.05) is 11.4 Å². The minimum Gasteiger partial charge on any atom is -0.378 e. The van der Waals surface area contributed by atoms with Crippen molar-refractivity contribution < 1.29 is 27.9 Å². The summed E-state index contributed by atoms with van der Waals surface area (Å²) < 4.78 is 37.7. The molecular weight excluding hydrogens is 385 g/mol. The third-order valence-electron chi connectivity index (χ3n) is 3.82. The van der Waals surface area contributed by atoms with Gasteiger partial charge >= 0.3 is 6.18 Å². The van der Waals surface area contributed by atoms with Gasteiger partial charge in [-0.2, -0.15) is 13.2 Å². The van der Waals surface area contributed by atoms with Crippen molar-refractivity contribution in [1.82, 2.24) is 5.32 Å². The molecule has 0 radical (unpaired) electrons. The highest BCUT2D eigenvalue weighted by atomic mass is 35.5. The number of amides is 2. The van der Waals surface area contributed by atoms with E-state index in [1.54, 1.807) is 24.3 Å². The molecule has 0 saturated heterocycles. The third-order valence-corrected chi connectivity index (χ3v) is 4.07. The first-order valence-electron chi connectivity index (χ1n) is 7.77. The Kier molecular flexibility index (Phi) is 6.45. The molecule has 5 nitrogen and oxygen atoms in total. The number of rotatable bonds is 6. The Hall–Kier alpha value is -2.58. The number of aliphatic hydroxyl groups is 1. The van der Waals surface area contributed by atoms with Crippen LogP contribution in [0.25, 0.3) is 0 Å². The zero-order valence-electron chi connectivity index (χ0n) is 13.8. The molecule has 9 heteroatoms. The first-order valence-corrected chi connectivity index (χ1v) is 8.15. The van der Waals surface area contributed by atoms with E-state index in [0.717, 1.165) is 24.3 Å². The molecule has 0 aromatic heterocycles. The van der Waals surface area contributed by atoms with Gasteiger partial charge in [-0.15, -0.1) is 0 Å². The van der Waals surface area contributed by atoms with E-state index >= 15 is 0 Å². The fourth-order valence-corrected chi connectivity index (χ4v) is 2.46. The van der Waals surface area contributed by atoms with Crippen LogP contribution in [0.1, 0.15) is 22.8 Å². The monoisotopic (exact) mass is 400 g/mol. The van der Waals surface area contributed by atoms with Crippen molar-refractivity contribution in [2.75, 3.05) is 0 Å². The second-order valence-corrected chi connectivity index (χ2v) is 6.25. The standard InChI is InChI=1S/C18H16ClF3N2O3/c19-13-7-1-10(2-8-13)9-14(16(23)26)24-17(27)15(25)11-3-5-12(6-4-11)18(20,21)22/h1-8,14-15,25H,9H2,(H2,23,26)(H,24,27)/t14-,15+/m1/s1. The molecule has 0 spiro atoms. The number of primary amides is 1. The fraction of sp³-hybridized carbons (Fsp3) is 0.222. The Morgan fingerprint density at radius 1 is 1.07 bits per heavy atom. The van der Waals surface area contributed by atoms with Gasteiger partial charge in [0.05, 0.1) is 5.56 Å². The van der Waals surface area contributed by atoms with Crippen LogP contribution >= 0.6 is 11.6 Å². The van der Waals surface area contributed by atoms with Crippen LogP contribution in [0.5, 0.6) is 0 Å². The number of carbonyl (C=O) groups excluding carboxylic acids is 2. The average Bonchev–Trinajstić information content (AvgIpc) is 2.61. The third kappa shape index (κ3) is 5.70. The van der Waals surface area contributed by atoms with E-state index in [2.05, 4.69) is 5.32 Å². The summed E-state index contributed by atoms with van der Waals surface area (Å²) in [7, 11) is 0. The number of hydrogen-bond acceptors (Lipinski definition) is 3. The molecule has 0 bridgehead atoms. The van der Waals surface area contributed by atoms with Crippen LogP contribution in [0.2, 0.25) is 5.02 Å². The maximum Gasteiger partial charge on any atom is 0.416 e. The van der Waals surface area contributed by atoms with Crippen LogP contribution in [-0.4, -0.2) is 23.0 Å². The molecule has 2 rings (SSSR count). The summed E-state index contributed by atoms with van der Waals surface area (Å²) in [6.45, 7) is 0. The maximum atomic E-state index is 12.6. The van der Waals surface area contributed by atoms with Gasteiger partial charge in [-0.25, -0.2) is 0 Å². The van der Waals surface area contributed by atoms with Crippen molar-refractivity contribution >= 4 is 23.4 Å². The molecule has 0 saturated carbocycles. The predicted molar refractivity (Wildman–Crippen MR) is 92.7 cm³/mol. The fourth-order valence-electron chi connectivity index (χ4n) is 2.34. The van der Waals surface area contributed by atoms with Gasteiger partial charge in [-0.1, -0.05) is 35.9 Å². The summed E-state index contributed by atoms with van der Waals surface area (Å²) >= 11 is 5.78. The summed E-state index contributed by atoms with van der Waals surface area (Å²) in [5.74, 6) is -1.77. The summed E-state index contributed by atoms with van der Waals surface area (Å²) in [5, 5.41) is 12.9. The molecular formula is C18H16ClF3N2O3. The lowest BCUT2D eigenvalue weighted by molar-refractivity contribution is -0.137. The quantitative estimate of drug-likeness (QED) is 0.696. The second-order valence-electron chi connectivity index (χ2n) is 5.82. The van der Waals surface area contributed by atoms with E-state index in [4.69, 9.17) is 17.3 Å². The van der Waals surface area contributed by atoms with E-state index in [1.807, 2.05) is 0 Å². The summed E-state index contributed by atoms with van der Waals surface area (Å²) in [4.78, 5) is 23.8. The summed E-state index contributed by atoms with van der Waals surface area (Å²) in [5.41, 5.74) is 5.00. The SMILES string of the molecule is NC(=O)[C@@H](Cc1ccc(Cl)cc1)NC(=O)[C@@H](O)c1ccc(C(F)(F)F)cc1. The molecule has 4 N–H and O–H groups in total. The molecule has 0 heterocycles. The summed E-state index contributed by atoms with van der Waals surface area (Å²) in [6, 6.07) is 8.89. The number of carbonyl (C=O) groups is 2. The minimum atomic E-state index is -4.53. The first kappa shape index (κ1) is 20.7. The van der Waals surface area contributed by atoms with Crippen LogP contribution in [0, 0.1) is 0 Å². The van der Waals surface area contributed by atoms with Crippen LogP contribution < -0.4 is 11.1 Å². The lowest BCUT2D eigenvalue weighted by Crippen LogP contribution is -2.47. The lowest BCUT2D eigenvalue weighted by atomic mass is 10.0. The van der Waals surface area contributed by atoms with Gasteiger partial charge in [-0.05, 0) is 35.4 Å². The molecule has 0 aliphatic carbocycles. The highest BCUT2D eigenvalue weighted by Crippen LogP contribution is 2.30. The smallest absolute Gasteiger partial charge is 0.378 e. The van der Waals surface area contributed by atoms with Gasteiger partial charge < -0.3 is 16.2 Å². The Bertz CT molecular complexity index is 808. The molecule has 2 amide bonds. The normalized spacial score (nSPS) is 13.7. The minimum absolute atomic E-state index is 0.0461. The first-order chi connectivity index (χ1) is 12.6. The average molecular weight is 401 g/mol. The highest BCUT2D eigenvalue weighted by molar-refractivity contribution is 6.30. The highest BCUT2D eigenvalue weighted by Gasteiger charge is 2.31. The van der Waals surface area contributed by atoms with E-state index in [-0.39, 0.29) is 12.0 Å². The van der Waals surface area contributed by atoms with Crippen LogP contribution in [0.4, 0.5) is 13.2 Å². The number of aliphatic hydroxyl groups excluding tert-OH is 1. The second kappa shape index (κ2) is 8.41. The predicted octanol–water partition coefficient (Wildman–Crippen LogP) is 2.61. The van der Waals surface area contributed by atoms with E-state index < -0.39 is 35.7 Å². The number of nitrogens with one attached hydrogen (secondary N) is 1. The van der Waals surface area contributed by atoms with E-state index in [0.29, 0.717) is 10.6 Å². The molecule has 0 aliphatic rings. The molecule has 0 aliphatic heterocycles. The molecule has 2 aromatic rings. The topological polar surface area (TPSA) is 92.4 Å². The maximum absolute atomic E-state index is 12.6. The van der Waals surface area contributed by atoms with Crippen LogP contribution in [0.15, 0.2) is 48.5 Å². The van der Waals surface area contributed by atoms with Gasteiger partial charge in [0.1, 0.15) is 6.04 Å². The number of benzene rings is 2. The molecule has 144 valence electrons. The van der Waals surface area contributed by atoms with E-state index in [9.17, 15) is 27.9 Å². The van der Waals surface area contributed by atoms with Crippen LogP contribution in [0.3, 0.4) is 0 Å². The van der Waals surface area contributed by atoms with Crippen LogP contribution in [-0.2, 0) is 22.2 Å². The van der Waals surface area contributed by atoms with Crippen molar-refractivity contribution in [1.29, 1.82) is 0 Å². The van der Waals surface area contributed by atoms with Crippen molar-refractivity contribution in [3.8, 4) is 0 Å². The Labute approximate surface area is 157 Å². The number of hydrogen-bond donors (Lipinski definition) is 3. The number of alkyl halides is 3. The zero-order chi connectivity index (χ0) is 20.2. The number of nitrogens with two attached hydrogens (primary N) is 1. The Balaban J connectivity index is 2.07. The Morgan fingerprint density at radius 2 is 1.63 bits per heavy atom. The number of halogens is 4. The molecule has 0 fully saturated rings. The molecule has 27 heavy (non-hydrogen) atoms. The van der Waals surface area contributed by atoms with Gasteiger partial charge in [0.15, 0.2) is 6.10 Å². The zero-order valence-corrected chi connectivity index (χ0v) is 14.6. The van der Waals surface area contributed by atoms with Gasteiger partial charge in [-0.3, -0.25) is 9.59 Å². The largest absolute Gasteiger partial charge is 0.416 e. The van der Waals surface area contributed by atoms with Gasteiger partial charge in [0.2, 0.25) is 5.91 Å². The molecule has 2 aromatic carbocycles. The summed E-state index contributed by atoms with van der Waals surface area (Å²) in [6.07, 6.45) is -6.21. The van der Waals surface area contributed by atoms with Gasteiger partial charge in [0.25, 0.3) is 5.91 Å². The van der Waals surface area contributed by atoms with E-state index in [1.165, 1.54) is 0 Å². The molecule has 0 unspecified atom stereocenters. The molecule has 2 atom stereocenters.